The largest absolute Gasteiger partial charge is 0.493 e. The quantitative estimate of drug-likeness (QED) is 0.825. The fraction of sp³-hybridized carbons (Fsp3) is 0.278. The molecule has 2 aromatic rings. The predicted octanol–water partition coefficient (Wildman–Crippen LogP) is 2.83. The minimum Gasteiger partial charge on any atom is -0.493 e. The zero-order valence-corrected chi connectivity index (χ0v) is 12.9. The maximum atomic E-state index is 12.9. The van der Waals surface area contributed by atoms with Crippen LogP contribution in [0.15, 0.2) is 54.6 Å². The third kappa shape index (κ3) is 5.38. The number of nitrogens with one attached hydrogen (secondary N) is 1. The normalized spacial score (nSPS) is 13.2. The molecule has 0 fully saturated rings. The van der Waals surface area contributed by atoms with Crippen LogP contribution in [-0.4, -0.2) is 23.7 Å². The van der Waals surface area contributed by atoms with E-state index in [4.69, 9.17) is 4.74 Å². The SMILES string of the molecule is C[C@@H](NC(=O)CCOc1ccccc1)[C@@H](O)c1ccc(F)cc1. The molecule has 2 aromatic carbocycles. The lowest BCUT2D eigenvalue weighted by atomic mass is 10.0. The summed E-state index contributed by atoms with van der Waals surface area (Å²) in [5.74, 6) is 0.130. The van der Waals surface area contributed by atoms with Crippen molar-refractivity contribution in [3.8, 4) is 5.75 Å². The number of hydrogen-bond donors (Lipinski definition) is 2. The summed E-state index contributed by atoms with van der Waals surface area (Å²) in [6.07, 6.45) is -0.704. The van der Waals surface area contributed by atoms with Gasteiger partial charge in [0.25, 0.3) is 0 Å². The highest BCUT2D eigenvalue weighted by Crippen LogP contribution is 2.17. The molecule has 2 atom stereocenters. The van der Waals surface area contributed by atoms with Gasteiger partial charge in [0.1, 0.15) is 11.6 Å². The molecule has 2 N–H and O–H groups in total. The van der Waals surface area contributed by atoms with Crippen LogP contribution in [-0.2, 0) is 4.79 Å². The molecule has 0 spiro atoms. The number of hydrogen-bond acceptors (Lipinski definition) is 3. The number of carbonyl (C=O) groups excluding carboxylic acids is 1. The van der Waals surface area contributed by atoms with E-state index in [1.54, 1.807) is 6.92 Å². The molecule has 0 aliphatic rings. The first-order valence-electron chi connectivity index (χ1n) is 7.47. The van der Waals surface area contributed by atoms with Gasteiger partial charge in [-0.2, -0.15) is 0 Å². The van der Waals surface area contributed by atoms with E-state index in [1.165, 1.54) is 24.3 Å². The van der Waals surface area contributed by atoms with Crippen LogP contribution >= 0.6 is 0 Å². The monoisotopic (exact) mass is 317 g/mol. The Bertz CT molecular complexity index is 616. The highest BCUT2D eigenvalue weighted by atomic mass is 19.1. The van der Waals surface area contributed by atoms with Gasteiger partial charge >= 0.3 is 0 Å². The van der Waals surface area contributed by atoms with Gasteiger partial charge in [0, 0.05) is 0 Å². The lowest BCUT2D eigenvalue weighted by molar-refractivity contribution is -0.123. The van der Waals surface area contributed by atoms with E-state index in [-0.39, 0.29) is 24.8 Å². The molecule has 0 aromatic heterocycles. The number of amides is 1. The number of aliphatic hydroxyl groups is 1. The number of aliphatic hydroxyl groups excluding tert-OH is 1. The van der Waals surface area contributed by atoms with Crippen molar-refractivity contribution in [1.29, 1.82) is 0 Å². The van der Waals surface area contributed by atoms with E-state index in [0.717, 1.165) is 0 Å². The number of para-hydroxylation sites is 1. The van der Waals surface area contributed by atoms with E-state index < -0.39 is 12.1 Å². The minimum absolute atomic E-state index is 0.190. The molecule has 0 heterocycles. The minimum atomic E-state index is -0.894. The summed E-state index contributed by atoms with van der Waals surface area (Å²) in [4.78, 5) is 11.9. The van der Waals surface area contributed by atoms with Gasteiger partial charge in [-0.3, -0.25) is 4.79 Å². The van der Waals surface area contributed by atoms with Crippen LogP contribution in [0.2, 0.25) is 0 Å². The van der Waals surface area contributed by atoms with Gasteiger partial charge in [0.15, 0.2) is 0 Å². The van der Waals surface area contributed by atoms with Gasteiger partial charge in [0.2, 0.25) is 5.91 Å². The zero-order valence-electron chi connectivity index (χ0n) is 12.9. The molecule has 0 saturated heterocycles. The summed E-state index contributed by atoms with van der Waals surface area (Å²) in [6, 6.07) is 14.3. The van der Waals surface area contributed by atoms with Gasteiger partial charge < -0.3 is 15.2 Å². The Balaban J connectivity index is 1.76. The second-order valence-electron chi connectivity index (χ2n) is 5.26. The Kier molecular flexibility index (Phi) is 6.11. The third-order valence-corrected chi connectivity index (χ3v) is 3.41. The van der Waals surface area contributed by atoms with E-state index >= 15 is 0 Å². The van der Waals surface area contributed by atoms with Gasteiger partial charge in [-0.25, -0.2) is 4.39 Å². The Morgan fingerprint density at radius 3 is 2.48 bits per heavy atom. The maximum absolute atomic E-state index is 12.9. The number of halogens is 1. The molecular formula is C18H20FNO3. The Morgan fingerprint density at radius 2 is 1.83 bits per heavy atom. The number of ether oxygens (including phenoxy) is 1. The first kappa shape index (κ1) is 17.0. The predicted molar refractivity (Wildman–Crippen MR) is 85.5 cm³/mol. The first-order valence-corrected chi connectivity index (χ1v) is 7.47. The molecule has 5 heteroatoms. The van der Waals surface area contributed by atoms with Crippen LogP contribution in [0.4, 0.5) is 4.39 Å². The summed E-state index contributed by atoms with van der Waals surface area (Å²) in [5, 5.41) is 12.9. The zero-order chi connectivity index (χ0) is 16.7. The molecule has 0 aliphatic heterocycles. The van der Waals surface area contributed by atoms with Crippen molar-refractivity contribution >= 4 is 5.91 Å². The molecule has 122 valence electrons. The number of benzene rings is 2. The van der Waals surface area contributed by atoms with Crippen molar-refractivity contribution in [3.05, 3.63) is 66.0 Å². The van der Waals surface area contributed by atoms with Gasteiger partial charge in [-0.05, 0) is 36.8 Å². The van der Waals surface area contributed by atoms with Crippen molar-refractivity contribution in [2.75, 3.05) is 6.61 Å². The van der Waals surface area contributed by atoms with Crippen molar-refractivity contribution in [1.82, 2.24) is 5.32 Å². The van der Waals surface area contributed by atoms with E-state index in [1.807, 2.05) is 30.3 Å². The smallest absolute Gasteiger partial charge is 0.223 e. The van der Waals surface area contributed by atoms with Gasteiger partial charge in [0.05, 0.1) is 25.2 Å². The molecule has 4 nitrogen and oxygen atoms in total. The third-order valence-electron chi connectivity index (χ3n) is 3.41. The fourth-order valence-corrected chi connectivity index (χ4v) is 2.13. The van der Waals surface area contributed by atoms with Crippen molar-refractivity contribution in [2.45, 2.75) is 25.5 Å². The molecule has 0 saturated carbocycles. The lowest BCUT2D eigenvalue weighted by Crippen LogP contribution is -2.37. The van der Waals surface area contributed by atoms with Crippen molar-refractivity contribution < 1.29 is 19.0 Å². The average Bonchev–Trinajstić information content (AvgIpc) is 2.56. The van der Waals surface area contributed by atoms with E-state index in [2.05, 4.69) is 5.32 Å². The van der Waals surface area contributed by atoms with E-state index in [0.29, 0.717) is 11.3 Å². The summed E-state index contributed by atoms with van der Waals surface area (Å²) >= 11 is 0. The van der Waals surface area contributed by atoms with Crippen LogP contribution < -0.4 is 10.1 Å². The lowest BCUT2D eigenvalue weighted by Gasteiger charge is -2.20. The fourth-order valence-electron chi connectivity index (χ4n) is 2.13. The van der Waals surface area contributed by atoms with Crippen LogP contribution in [0, 0.1) is 5.82 Å². The van der Waals surface area contributed by atoms with Crippen LogP contribution in [0.5, 0.6) is 5.75 Å². The second-order valence-corrected chi connectivity index (χ2v) is 5.26. The van der Waals surface area contributed by atoms with Gasteiger partial charge in [-0.1, -0.05) is 30.3 Å². The molecule has 1 amide bonds. The molecular weight excluding hydrogens is 297 g/mol. The molecule has 0 bridgehead atoms. The first-order chi connectivity index (χ1) is 11.1. The maximum Gasteiger partial charge on any atom is 0.223 e. The highest BCUT2D eigenvalue weighted by Gasteiger charge is 2.18. The van der Waals surface area contributed by atoms with Crippen molar-refractivity contribution in [3.63, 3.8) is 0 Å². The summed E-state index contributed by atoms with van der Waals surface area (Å²) in [5.41, 5.74) is 0.555. The van der Waals surface area contributed by atoms with Crippen LogP contribution in [0.3, 0.4) is 0 Å². The van der Waals surface area contributed by atoms with Crippen LogP contribution in [0.25, 0.3) is 0 Å². The van der Waals surface area contributed by atoms with Crippen LogP contribution in [0.1, 0.15) is 25.0 Å². The summed E-state index contributed by atoms with van der Waals surface area (Å²) < 4.78 is 18.3. The molecule has 0 aliphatic carbocycles. The topological polar surface area (TPSA) is 58.6 Å². The summed E-state index contributed by atoms with van der Waals surface area (Å²) in [6.45, 7) is 1.96. The number of rotatable bonds is 7. The average molecular weight is 317 g/mol. The molecule has 0 unspecified atom stereocenters. The Hall–Kier alpha value is -2.40. The molecule has 0 radical (unpaired) electrons. The standard InChI is InChI=1S/C18H20FNO3/c1-13(18(22)14-7-9-15(19)10-8-14)20-17(21)11-12-23-16-5-3-2-4-6-16/h2-10,13,18,22H,11-12H2,1H3,(H,20,21)/t13-,18-/m1/s1. The Morgan fingerprint density at radius 1 is 1.17 bits per heavy atom. The Labute approximate surface area is 134 Å². The summed E-state index contributed by atoms with van der Waals surface area (Å²) in [7, 11) is 0. The number of carbonyl (C=O) groups is 1. The molecule has 2 rings (SSSR count). The van der Waals surface area contributed by atoms with Gasteiger partial charge in [-0.15, -0.1) is 0 Å². The second kappa shape index (κ2) is 8.29. The van der Waals surface area contributed by atoms with Crippen molar-refractivity contribution in [2.24, 2.45) is 0 Å². The highest BCUT2D eigenvalue weighted by molar-refractivity contribution is 5.76. The van der Waals surface area contributed by atoms with E-state index in [9.17, 15) is 14.3 Å². The molecule has 23 heavy (non-hydrogen) atoms.